The van der Waals surface area contributed by atoms with E-state index in [0.717, 1.165) is 5.56 Å². The van der Waals surface area contributed by atoms with Crippen molar-refractivity contribution in [2.75, 3.05) is 6.61 Å². The number of hydrogen-bond donors (Lipinski definition) is 0. The number of ether oxygens (including phenoxy) is 2. The summed E-state index contributed by atoms with van der Waals surface area (Å²) in [6.07, 6.45) is 0.718. The maximum atomic E-state index is 12.7. The molecule has 0 bridgehead atoms. The quantitative estimate of drug-likeness (QED) is 0.343. The first-order valence-corrected chi connectivity index (χ1v) is 8.41. The van der Waals surface area contributed by atoms with E-state index in [2.05, 4.69) is 22.5 Å². The van der Waals surface area contributed by atoms with Crippen molar-refractivity contribution in [3.8, 4) is 0 Å². The minimum absolute atomic E-state index is 0.00724. The molecular weight excluding hydrogens is 376 g/mol. The van der Waals surface area contributed by atoms with Gasteiger partial charge in [0.25, 0.3) is 0 Å². The largest absolute Gasteiger partial charge is 0.465 e. The van der Waals surface area contributed by atoms with E-state index in [-0.39, 0.29) is 32.5 Å². The fourth-order valence-electron chi connectivity index (χ4n) is 2.28. The molecule has 0 heterocycles. The average Bonchev–Trinajstić information content (AvgIpc) is 2.57. The predicted molar refractivity (Wildman–Crippen MR) is 93.3 cm³/mol. The van der Waals surface area contributed by atoms with Crippen LogP contribution in [0, 0.1) is 5.41 Å². The van der Waals surface area contributed by atoms with Crippen molar-refractivity contribution in [2.24, 2.45) is 5.41 Å². The first-order valence-electron chi connectivity index (χ1n) is 7.61. The predicted octanol–water partition coefficient (Wildman–Crippen LogP) is 3.56. The topological polar surface area (TPSA) is 69.7 Å². The van der Waals surface area contributed by atoms with Gasteiger partial charge in [-0.05, 0) is 23.4 Å². The van der Waals surface area contributed by atoms with Crippen LogP contribution >= 0.6 is 15.9 Å². The van der Waals surface area contributed by atoms with Crippen molar-refractivity contribution in [1.82, 2.24) is 0 Å². The van der Waals surface area contributed by atoms with Crippen LogP contribution in [0.3, 0.4) is 0 Å². The molecule has 0 aliphatic carbocycles. The zero-order valence-corrected chi connectivity index (χ0v) is 15.2. The monoisotopic (exact) mass is 396 g/mol. The number of rotatable bonds is 10. The normalized spacial score (nSPS) is 12.8. The van der Waals surface area contributed by atoms with Gasteiger partial charge in [0.15, 0.2) is 5.41 Å². The lowest BCUT2D eigenvalue weighted by Gasteiger charge is -2.28. The molecule has 0 saturated heterocycles. The van der Waals surface area contributed by atoms with Crippen LogP contribution in [0.4, 0.5) is 0 Å². The van der Waals surface area contributed by atoms with Gasteiger partial charge in [0, 0.05) is 12.8 Å². The molecule has 0 aliphatic heterocycles. The number of carbonyl (C=O) groups excluding carboxylic acids is 3. The molecule has 130 valence electrons. The molecule has 1 aromatic rings. The van der Waals surface area contributed by atoms with Gasteiger partial charge in [-0.25, -0.2) is 0 Å². The van der Waals surface area contributed by atoms with E-state index in [4.69, 9.17) is 9.47 Å². The van der Waals surface area contributed by atoms with Crippen molar-refractivity contribution in [2.45, 2.75) is 32.8 Å². The molecule has 0 fully saturated rings. The second-order valence-electron chi connectivity index (χ2n) is 5.26. The molecule has 0 N–H and O–H groups in total. The zero-order valence-electron chi connectivity index (χ0n) is 13.6. The second-order valence-corrected chi connectivity index (χ2v) is 6.39. The minimum atomic E-state index is -1.58. The van der Waals surface area contributed by atoms with Crippen LogP contribution in [0.5, 0.6) is 0 Å². The van der Waals surface area contributed by atoms with E-state index in [1.165, 1.54) is 0 Å². The zero-order chi connectivity index (χ0) is 18.0. The summed E-state index contributed by atoms with van der Waals surface area (Å²) in [5, 5.41) is 0. The molecule has 1 unspecified atom stereocenters. The summed E-state index contributed by atoms with van der Waals surface area (Å²) >= 11 is 3.19. The summed E-state index contributed by atoms with van der Waals surface area (Å²) in [6, 6.07) is 9.14. The minimum Gasteiger partial charge on any atom is -0.465 e. The Morgan fingerprint density at radius 3 is 2.38 bits per heavy atom. The molecule has 0 aliphatic rings. The molecule has 1 aromatic carbocycles. The van der Waals surface area contributed by atoms with Crippen LogP contribution in [0.2, 0.25) is 0 Å². The van der Waals surface area contributed by atoms with Gasteiger partial charge in [0.2, 0.25) is 0 Å². The van der Waals surface area contributed by atoms with Gasteiger partial charge in [0.1, 0.15) is 12.9 Å². The molecule has 0 amide bonds. The van der Waals surface area contributed by atoms with Crippen molar-refractivity contribution >= 4 is 34.2 Å². The van der Waals surface area contributed by atoms with E-state index < -0.39 is 17.4 Å². The number of allylic oxidation sites excluding steroid dienone is 1. The first kappa shape index (κ1) is 20.1. The Morgan fingerprint density at radius 2 is 1.83 bits per heavy atom. The van der Waals surface area contributed by atoms with Crippen molar-refractivity contribution in [3.05, 3.63) is 47.0 Å². The Hall–Kier alpha value is -1.95. The molecule has 1 atom stereocenters. The fourth-order valence-corrected chi connectivity index (χ4v) is 2.76. The first-order chi connectivity index (χ1) is 11.5. The smallest absolute Gasteiger partial charge is 0.324 e. The number of aldehydes is 1. The van der Waals surface area contributed by atoms with Gasteiger partial charge in [0.05, 0.1) is 6.61 Å². The van der Waals surface area contributed by atoms with Crippen molar-refractivity contribution in [1.29, 1.82) is 0 Å². The summed E-state index contributed by atoms with van der Waals surface area (Å²) < 4.78 is 10.9. The Balaban J connectivity index is 3.02. The molecule has 0 aromatic heterocycles. The molecule has 0 spiro atoms. The number of hydrogen-bond acceptors (Lipinski definition) is 5. The van der Waals surface area contributed by atoms with E-state index in [1.807, 2.05) is 30.3 Å². The van der Waals surface area contributed by atoms with Crippen molar-refractivity contribution in [3.63, 3.8) is 0 Å². The lowest BCUT2D eigenvalue weighted by molar-refractivity contribution is -0.173. The molecular formula is C18H21BrO5. The Bertz CT molecular complexity index is 584. The SMILES string of the molecule is C=C(Br)CC(CCC=O)(C(=O)OCC)C(=O)OCc1ccccc1. The van der Waals surface area contributed by atoms with Crippen LogP contribution in [0.1, 0.15) is 31.7 Å². The number of benzene rings is 1. The van der Waals surface area contributed by atoms with E-state index in [9.17, 15) is 14.4 Å². The third-order valence-corrected chi connectivity index (χ3v) is 3.73. The highest BCUT2D eigenvalue weighted by atomic mass is 79.9. The summed E-state index contributed by atoms with van der Waals surface area (Å²) in [6.45, 7) is 5.52. The Labute approximate surface area is 150 Å². The van der Waals surface area contributed by atoms with Crippen molar-refractivity contribution < 1.29 is 23.9 Å². The second kappa shape index (κ2) is 10.0. The molecule has 6 heteroatoms. The van der Waals surface area contributed by atoms with E-state index in [1.54, 1.807) is 6.92 Å². The molecule has 0 saturated carbocycles. The van der Waals surface area contributed by atoms with Gasteiger partial charge < -0.3 is 14.3 Å². The highest BCUT2D eigenvalue weighted by Crippen LogP contribution is 2.36. The molecule has 24 heavy (non-hydrogen) atoms. The maximum absolute atomic E-state index is 12.7. The van der Waals surface area contributed by atoms with Crippen LogP contribution in [-0.4, -0.2) is 24.8 Å². The standard InChI is InChI=1S/C18H21BrO5/c1-3-23-16(21)18(10-7-11-20,12-14(2)19)17(22)24-13-15-8-5-4-6-9-15/h4-6,8-9,11H,2-3,7,10,12-13H2,1H3. The fraction of sp³-hybridized carbons (Fsp3) is 0.389. The number of halogens is 1. The average molecular weight is 397 g/mol. The Kier molecular flexibility index (Phi) is 8.40. The highest BCUT2D eigenvalue weighted by molar-refractivity contribution is 9.11. The van der Waals surface area contributed by atoms with Crippen LogP contribution in [0.15, 0.2) is 41.4 Å². The van der Waals surface area contributed by atoms with Crippen LogP contribution < -0.4 is 0 Å². The molecule has 0 radical (unpaired) electrons. The van der Waals surface area contributed by atoms with Gasteiger partial charge >= 0.3 is 11.9 Å². The number of esters is 2. The molecule has 1 rings (SSSR count). The van der Waals surface area contributed by atoms with Gasteiger partial charge in [-0.15, -0.1) is 0 Å². The Morgan fingerprint density at radius 1 is 1.21 bits per heavy atom. The maximum Gasteiger partial charge on any atom is 0.324 e. The third kappa shape index (κ3) is 5.60. The van der Waals surface area contributed by atoms with Gasteiger partial charge in [-0.2, -0.15) is 0 Å². The molecule has 5 nitrogen and oxygen atoms in total. The third-order valence-electron chi connectivity index (χ3n) is 3.45. The lowest BCUT2D eigenvalue weighted by atomic mass is 9.80. The van der Waals surface area contributed by atoms with Crippen LogP contribution in [-0.2, 0) is 30.5 Å². The number of carbonyl (C=O) groups is 3. The summed E-state index contributed by atoms with van der Waals surface area (Å²) in [5.74, 6) is -1.42. The van der Waals surface area contributed by atoms with E-state index in [0.29, 0.717) is 10.8 Å². The van der Waals surface area contributed by atoms with Crippen LogP contribution in [0.25, 0.3) is 0 Å². The van der Waals surface area contributed by atoms with E-state index >= 15 is 0 Å². The lowest BCUT2D eigenvalue weighted by Crippen LogP contribution is -2.42. The summed E-state index contributed by atoms with van der Waals surface area (Å²) in [7, 11) is 0. The van der Waals surface area contributed by atoms with Gasteiger partial charge in [-0.1, -0.05) is 52.8 Å². The summed E-state index contributed by atoms with van der Waals surface area (Å²) in [5.41, 5.74) is -0.775. The summed E-state index contributed by atoms with van der Waals surface area (Å²) in [4.78, 5) is 35.9. The van der Waals surface area contributed by atoms with Gasteiger partial charge in [-0.3, -0.25) is 9.59 Å². The highest BCUT2D eigenvalue weighted by Gasteiger charge is 2.48.